The van der Waals surface area contributed by atoms with Crippen LogP contribution in [-0.2, 0) is 0 Å². The fourth-order valence-corrected chi connectivity index (χ4v) is 1.48. The SMILES string of the molecule is Cc1cnn(-c2cccc(C(=O)O)c2N)c1. The number of aromatic nitrogens is 2. The van der Waals surface area contributed by atoms with Crippen LogP contribution in [0.4, 0.5) is 5.69 Å². The summed E-state index contributed by atoms with van der Waals surface area (Å²) in [5.41, 5.74) is 7.66. The third kappa shape index (κ3) is 1.63. The van der Waals surface area contributed by atoms with Gasteiger partial charge in [0.2, 0.25) is 0 Å². The molecule has 0 saturated carbocycles. The van der Waals surface area contributed by atoms with Crippen LogP contribution in [0.1, 0.15) is 15.9 Å². The molecular weight excluding hydrogens is 206 g/mol. The first kappa shape index (κ1) is 10.2. The number of aromatic carboxylic acids is 1. The van der Waals surface area contributed by atoms with Crippen molar-refractivity contribution in [1.82, 2.24) is 9.78 Å². The molecule has 0 fully saturated rings. The van der Waals surface area contributed by atoms with Gasteiger partial charge in [-0.3, -0.25) is 0 Å². The molecule has 0 amide bonds. The fourth-order valence-electron chi connectivity index (χ4n) is 1.48. The summed E-state index contributed by atoms with van der Waals surface area (Å²) in [4.78, 5) is 10.9. The predicted octanol–water partition coefficient (Wildman–Crippen LogP) is 1.46. The molecule has 0 aliphatic carbocycles. The van der Waals surface area contributed by atoms with Crippen molar-refractivity contribution >= 4 is 11.7 Å². The van der Waals surface area contributed by atoms with E-state index in [0.29, 0.717) is 5.69 Å². The van der Waals surface area contributed by atoms with Crippen LogP contribution in [0.2, 0.25) is 0 Å². The van der Waals surface area contributed by atoms with Crippen LogP contribution < -0.4 is 5.73 Å². The lowest BCUT2D eigenvalue weighted by atomic mass is 10.1. The van der Waals surface area contributed by atoms with Gasteiger partial charge in [-0.05, 0) is 24.6 Å². The van der Waals surface area contributed by atoms with Crippen molar-refractivity contribution in [1.29, 1.82) is 0 Å². The number of hydrogen-bond acceptors (Lipinski definition) is 3. The van der Waals surface area contributed by atoms with E-state index >= 15 is 0 Å². The number of carboxylic acid groups (broad SMARTS) is 1. The number of nitrogens with two attached hydrogens (primary N) is 1. The van der Waals surface area contributed by atoms with Gasteiger partial charge in [-0.15, -0.1) is 0 Å². The molecule has 5 heteroatoms. The molecule has 3 N–H and O–H groups in total. The number of anilines is 1. The molecule has 2 aromatic rings. The van der Waals surface area contributed by atoms with Gasteiger partial charge in [0.1, 0.15) is 0 Å². The highest BCUT2D eigenvalue weighted by molar-refractivity contribution is 5.95. The van der Waals surface area contributed by atoms with E-state index in [1.165, 1.54) is 6.07 Å². The Morgan fingerprint density at radius 3 is 2.81 bits per heavy atom. The van der Waals surface area contributed by atoms with Crippen LogP contribution in [0.25, 0.3) is 5.69 Å². The Morgan fingerprint density at radius 1 is 1.50 bits per heavy atom. The average Bonchev–Trinajstić information content (AvgIpc) is 2.64. The summed E-state index contributed by atoms with van der Waals surface area (Å²) in [6.45, 7) is 1.90. The Kier molecular flexibility index (Phi) is 2.36. The Balaban J connectivity index is 2.58. The van der Waals surface area contributed by atoms with Crippen molar-refractivity contribution in [2.24, 2.45) is 0 Å². The molecular formula is C11H11N3O2. The first-order valence-electron chi connectivity index (χ1n) is 4.73. The number of carbonyl (C=O) groups is 1. The summed E-state index contributed by atoms with van der Waals surface area (Å²) in [5, 5.41) is 13.0. The third-order valence-corrected chi connectivity index (χ3v) is 2.27. The van der Waals surface area contributed by atoms with E-state index in [-0.39, 0.29) is 11.3 Å². The summed E-state index contributed by atoms with van der Waals surface area (Å²) >= 11 is 0. The Labute approximate surface area is 92.1 Å². The molecule has 5 nitrogen and oxygen atoms in total. The smallest absolute Gasteiger partial charge is 0.337 e. The van der Waals surface area contributed by atoms with Gasteiger partial charge in [0.25, 0.3) is 0 Å². The highest BCUT2D eigenvalue weighted by Crippen LogP contribution is 2.21. The molecule has 0 atom stereocenters. The van der Waals surface area contributed by atoms with Crippen molar-refractivity contribution in [3.05, 3.63) is 41.7 Å². The Morgan fingerprint density at radius 2 is 2.25 bits per heavy atom. The number of nitrogen functional groups attached to an aromatic ring is 1. The summed E-state index contributed by atoms with van der Waals surface area (Å²) in [6.07, 6.45) is 3.48. The zero-order valence-electron chi connectivity index (χ0n) is 8.71. The number of rotatable bonds is 2. The maximum Gasteiger partial charge on any atom is 0.337 e. The van der Waals surface area contributed by atoms with Gasteiger partial charge < -0.3 is 10.8 Å². The highest BCUT2D eigenvalue weighted by Gasteiger charge is 2.12. The standard InChI is InChI=1S/C11H11N3O2/c1-7-5-13-14(6-7)9-4-2-3-8(10(9)12)11(15)16/h2-6H,12H2,1H3,(H,15,16). The van der Waals surface area contributed by atoms with Gasteiger partial charge in [-0.2, -0.15) is 5.10 Å². The number of carboxylic acids is 1. The van der Waals surface area contributed by atoms with Crippen molar-refractivity contribution in [2.75, 3.05) is 5.73 Å². The second-order valence-electron chi connectivity index (χ2n) is 3.51. The molecule has 1 aromatic heterocycles. The molecule has 0 aliphatic rings. The fraction of sp³-hybridized carbons (Fsp3) is 0.0909. The van der Waals surface area contributed by atoms with Gasteiger partial charge in [0, 0.05) is 6.20 Å². The van der Waals surface area contributed by atoms with Gasteiger partial charge in [-0.25, -0.2) is 9.48 Å². The minimum atomic E-state index is -1.04. The molecule has 16 heavy (non-hydrogen) atoms. The first-order valence-corrected chi connectivity index (χ1v) is 4.73. The maximum absolute atomic E-state index is 10.9. The lowest BCUT2D eigenvalue weighted by molar-refractivity contribution is 0.0698. The van der Waals surface area contributed by atoms with Gasteiger partial charge in [0.05, 0.1) is 23.1 Å². The van der Waals surface area contributed by atoms with Gasteiger partial charge in [-0.1, -0.05) is 6.07 Å². The predicted molar refractivity (Wildman–Crippen MR) is 59.7 cm³/mol. The summed E-state index contributed by atoms with van der Waals surface area (Å²) < 4.78 is 1.57. The zero-order chi connectivity index (χ0) is 11.7. The molecule has 82 valence electrons. The van der Waals surface area contributed by atoms with E-state index in [2.05, 4.69) is 5.10 Å². The van der Waals surface area contributed by atoms with E-state index in [9.17, 15) is 4.79 Å². The number of nitrogens with zero attached hydrogens (tertiary/aromatic N) is 2. The molecule has 2 rings (SSSR count). The van der Waals surface area contributed by atoms with Crippen LogP contribution >= 0.6 is 0 Å². The lowest BCUT2D eigenvalue weighted by Crippen LogP contribution is -2.07. The molecule has 0 saturated heterocycles. The lowest BCUT2D eigenvalue weighted by Gasteiger charge is -2.07. The van der Waals surface area contributed by atoms with Gasteiger partial charge >= 0.3 is 5.97 Å². The van der Waals surface area contributed by atoms with Crippen molar-refractivity contribution in [3.8, 4) is 5.69 Å². The molecule has 1 aromatic carbocycles. The van der Waals surface area contributed by atoms with Crippen LogP contribution in [0.3, 0.4) is 0 Å². The van der Waals surface area contributed by atoms with Crippen LogP contribution in [0.5, 0.6) is 0 Å². The topological polar surface area (TPSA) is 81.1 Å². The van der Waals surface area contributed by atoms with Crippen LogP contribution in [-0.4, -0.2) is 20.9 Å². The van der Waals surface area contributed by atoms with E-state index in [1.54, 1.807) is 29.2 Å². The maximum atomic E-state index is 10.9. The minimum Gasteiger partial charge on any atom is -0.478 e. The number of hydrogen-bond donors (Lipinski definition) is 2. The zero-order valence-corrected chi connectivity index (χ0v) is 8.71. The number of aryl methyl sites for hydroxylation is 1. The molecule has 0 aliphatic heterocycles. The highest BCUT2D eigenvalue weighted by atomic mass is 16.4. The van der Waals surface area contributed by atoms with Crippen LogP contribution in [0.15, 0.2) is 30.6 Å². The Bertz CT molecular complexity index is 546. The molecule has 0 unspecified atom stereocenters. The van der Waals surface area contributed by atoms with Crippen molar-refractivity contribution in [2.45, 2.75) is 6.92 Å². The second kappa shape index (κ2) is 3.69. The average molecular weight is 217 g/mol. The van der Waals surface area contributed by atoms with Crippen molar-refractivity contribution < 1.29 is 9.90 Å². The molecule has 1 heterocycles. The molecule has 0 spiro atoms. The van der Waals surface area contributed by atoms with Crippen molar-refractivity contribution in [3.63, 3.8) is 0 Å². The third-order valence-electron chi connectivity index (χ3n) is 2.27. The summed E-state index contributed by atoms with van der Waals surface area (Å²) in [6, 6.07) is 4.85. The summed E-state index contributed by atoms with van der Waals surface area (Å²) in [7, 11) is 0. The monoisotopic (exact) mass is 217 g/mol. The van der Waals surface area contributed by atoms with E-state index < -0.39 is 5.97 Å². The Hall–Kier alpha value is -2.30. The summed E-state index contributed by atoms with van der Waals surface area (Å²) in [5.74, 6) is -1.04. The van der Waals surface area contributed by atoms with E-state index in [1.807, 2.05) is 6.92 Å². The largest absolute Gasteiger partial charge is 0.478 e. The second-order valence-corrected chi connectivity index (χ2v) is 3.51. The van der Waals surface area contributed by atoms with E-state index in [0.717, 1.165) is 5.56 Å². The molecule has 0 bridgehead atoms. The number of para-hydroxylation sites is 1. The normalized spacial score (nSPS) is 10.3. The number of benzene rings is 1. The minimum absolute atomic E-state index is 0.0886. The first-order chi connectivity index (χ1) is 7.59. The van der Waals surface area contributed by atoms with Crippen LogP contribution in [0, 0.1) is 6.92 Å². The molecule has 0 radical (unpaired) electrons. The quantitative estimate of drug-likeness (QED) is 0.746. The van der Waals surface area contributed by atoms with Gasteiger partial charge in [0.15, 0.2) is 0 Å². The van der Waals surface area contributed by atoms with E-state index in [4.69, 9.17) is 10.8 Å².